The molecule has 0 radical (unpaired) electrons. The highest BCUT2D eigenvalue weighted by Crippen LogP contribution is 2.32. The number of nitrogens with one attached hydrogen (secondary N) is 3. The normalized spacial score (nSPS) is 15.7. The third-order valence-electron chi connectivity index (χ3n) is 5.13. The number of carbonyl (C=O) groups is 3. The zero-order chi connectivity index (χ0) is 24.1. The lowest BCUT2D eigenvalue weighted by molar-refractivity contribution is -0.136. The second kappa shape index (κ2) is 10.6. The Labute approximate surface area is 201 Å². The zero-order valence-electron chi connectivity index (χ0n) is 18.4. The highest BCUT2D eigenvalue weighted by molar-refractivity contribution is 6.42. The van der Waals surface area contributed by atoms with Crippen LogP contribution in [0.5, 0.6) is 0 Å². The minimum absolute atomic E-state index is 0.282. The summed E-state index contributed by atoms with van der Waals surface area (Å²) in [5.74, 6) is -0.512. The number of carbonyl (C=O) groups excluding carboxylic acids is 3. The number of rotatable bonds is 6. The number of anilines is 2. The second-order valence-electron chi connectivity index (χ2n) is 7.35. The standard InChI is InChI=1S/C23H24Cl2N4O4/c1-4-11-29-13(2)19(21(30)33-3)20(28-23(29)32)14-5-7-15(8-6-14)26-22(31)27-16-9-10-17(24)18(25)12-16/h5-10,12,20H,4,11H2,1-3H3,(H,28,32)(H2,26,27,31). The maximum Gasteiger partial charge on any atom is 0.337 e. The Balaban J connectivity index is 1.77. The van der Waals surface area contributed by atoms with Crippen LogP contribution in [0.15, 0.2) is 53.7 Å². The van der Waals surface area contributed by atoms with Gasteiger partial charge in [-0.15, -0.1) is 0 Å². The Morgan fingerprint density at radius 3 is 2.30 bits per heavy atom. The summed E-state index contributed by atoms with van der Waals surface area (Å²) in [5.41, 5.74) is 2.61. The monoisotopic (exact) mass is 490 g/mol. The van der Waals surface area contributed by atoms with Gasteiger partial charge in [-0.05, 0) is 49.2 Å². The summed E-state index contributed by atoms with van der Waals surface area (Å²) in [5, 5.41) is 8.98. The van der Waals surface area contributed by atoms with Crippen LogP contribution in [-0.4, -0.2) is 36.6 Å². The first kappa shape index (κ1) is 24.4. The van der Waals surface area contributed by atoms with Gasteiger partial charge in [-0.3, -0.25) is 4.90 Å². The molecule has 0 bridgehead atoms. The van der Waals surface area contributed by atoms with E-state index >= 15 is 0 Å². The molecule has 1 atom stereocenters. The Morgan fingerprint density at radius 2 is 1.70 bits per heavy atom. The van der Waals surface area contributed by atoms with Crippen molar-refractivity contribution < 1.29 is 19.1 Å². The number of esters is 1. The van der Waals surface area contributed by atoms with Gasteiger partial charge in [0, 0.05) is 23.6 Å². The van der Waals surface area contributed by atoms with Crippen LogP contribution in [0.25, 0.3) is 0 Å². The molecule has 0 aromatic heterocycles. The third-order valence-corrected chi connectivity index (χ3v) is 5.87. The zero-order valence-corrected chi connectivity index (χ0v) is 19.9. The largest absolute Gasteiger partial charge is 0.466 e. The topological polar surface area (TPSA) is 99.8 Å². The number of amides is 4. The highest BCUT2D eigenvalue weighted by atomic mass is 35.5. The number of urea groups is 2. The van der Waals surface area contributed by atoms with Gasteiger partial charge in [-0.1, -0.05) is 42.3 Å². The molecule has 1 aliphatic heterocycles. The Kier molecular flexibility index (Phi) is 7.84. The number of allylic oxidation sites excluding steroid dienone is 1. The van der Waals surface area contributed by atoms with E-state index in [1.807, 2.05) is 6.92 Å². The molecule has 0 saturated carbocycles. The molecule has 10 heteroatoms. The van der Waals surface area contributed by atoms with Crippen LogP contribution in [0.4, 0.5) is 21.0 Å². The molecular weight excluding hydrogens is 467 g/mol. The van der Waals surface area contributed by atoms with Gasteiger partial charge in [0.05, 0.1) is 28.8 Å². The first-order valence-electron chi connectivity index (χ1n) is 10.2. The fraction of sp³-hybridized carbons (Fsp3) is 0.261. The fourth-order valence-corrected chi connectivity index (χ4v) is 3.82. The van der Waals surface area contributed by atoms with Crippen LogP contribution < -0.4 is 16.0 Å². The van der Waals surface area contributed by atoms with Crippen molar-refractivity contribution in [1.29, 1.82) is 0 Å². The van der Waals surface area contributed by atoms with E-state index in [0.717, 1.165) is 6.42 Å². The molecule has 4 amide bonds. The predicted octanol–water partition coefficient (Wildman–Crippen LogP) is 5.56. The first-order chi connectivity index (χ1) is 15.7. The van der Waals surface area contributed by atoms with E-state index in [4.69, 9.17) is 27.9 Å². The van der Waals surface area contributed by atoms with Crippen LogP contribution in [0.1, 0.15) is 31.9 Å². The highest BCUT2D eigenvalue weighted by Gasteiger charge is 2.35. The van der Waals surface area contributed by atoms with Gasteiger partial charge in [0.25, 0.3) is 0 Å². The minimum Gasteiger partial charge on any atom is -0.466 e. The summed E-state index contributed by atoms with van der Waals surface area (Å²) in [6.07, 6.45) is 0.745. The summed E-state index contributed by atoms with van der Waals surface area (Å²) in [4.78, 5) is 39.0. The van der Waals surface area contributed by atoms with Crippen LogP contribution in [0.3, 0.4) is 0 Å². The number of ether oxygens (including phenoxy) is 1. The lowest BCUT2D eigenvalue weighted by Crippen LogP contribution is -2.48. The molecule has 1 heterocycles. The number of methoxy groups -OCH3 is 1. The van der Waals surface area contributed by atoms with Gasteiger partial charge < -0.3 is 20.7 Å². The third kappa shape index (κ3) is 5.58. The van der Waals surface area contributed by atoms with E-state index in [2.05, 4.69) is 16.0 Å². The van der Waals surface area contributed by atoms with E-state index in [1.165, 1.54) is 12.0 Å². The van der Waals surface area contributed by atoms with Crippen LogP contribution in [-0.2, 0) is 9.53 Å². The number of hydrogen-bond donors (Lipinski definition) is 3. The van der Waals surface area contributed by atoms with E-state index in [-0.39, 0.29) is 6.03 Å². The molecular formula is C23H24Cl2N4O4. The Morgan fingerprint density at radius 1 is 1.06 bits per heavy atom. The molecule has 8 nitrogen and oxygen atoms in total. The van der Waals surface area contributed by atoms with Gasteiger partial charge in [-0.2, -0.15) is 0 Å². The van der Waals surface area contributed by atoms with Gasteiger partial charge >= 0.3 is 18.0 Å². The molecule has 1 unspecified atom stereocenters. The molecule has 0 fully saturated rings. The van der Waals surface area contributed by atoms with E-state index in [0.29, 0.717) is 44.8 Å². The molecule has 2 aromatic rings. The first-order valence-corrected chi connectivity index (χ1v) is 11.0. The van der Waals surface area contributed by atoms with Crippen molar-refractivity contribution in [2.24, 2.45) is 0 Å². The van der Waals surface area contributed by atoms with Crippen LogP contribution >= 0.6 is 23.2 Å². The SMILES string of the molecule is CCCN1C(=O)NC(c2ccc(NC(=O)Nc3ccc(Cl)c(Cl)c3)cc2)C(C(=O)OC)=C1C. The number of nitrogens with zero attached hydrogens (tertiary/aromatic N) is 1. The van der Waals surface area contributed by atoms with Gasteiger partial charge in [0.15, 0.2) is 0 Å². The summed E-state index contributed by atoms with van der Waals surface area (Å²) in [6.45, 7) is 4.17. The predicted molar refractivity (Wildman–Crippen MR) is 129 cm³/mol. The van der Waals surface area contributed by atoms with Crippen molar-refractivity contribution >= 4 is 52.6 Å². The van der Waals surface area contributed by atoms with E-state index < -0.39 is 18.0 Å². The van der Waals surface area contributed by atoms with Crippen molar-refractivity contribution in [3.8, 4) is 0 Å². The van der Waals surface area contributed by atoms with Gasteiger partial charge in [-0.25, -0.2) is 14.4 Å². The average molecular weight is 491 g/mol. The van der Waals surface area contributed by atoms with Crippen molar-refractivity contribution in [2.45, 2.75) is 26.3 Å². The number of hydrogen-bond acceptors (Lipinski definition) is 4. The summed E-state index contributed by atoms with van der Waals surface area (Å²) < 4.78 is 4.96. The quantitative estimate of drug-likeness (QED) is 0.461. The van der Waals surface area contributed by atoms with Gasteiger partial charge in [0.2, 0.25) is 0 Å². The Hall–Kier alpha value is -3.23. The van der Waals surface area contributed by atoms with Crippen LogP contribution in [0.2, 0.25) is 10.0 Å². The minimum atomic E-state index is -0.669. The number of benzene rings is 2. The maximum atomic E-state index is 12.6. The second-order valence-corrected chi connectivity index (χ2v) is 8.17. The molecule has 0 aliphatic carbocycles. The molecule has 3 N–H and O–H groups in total. The van der Waals surface area contributed by atoms with Crippen molar-refractivity contribution in [1.82, 2.24) is 10.2 Å². The Bertz CT molecular complexity index is 1100. The van der Waals surface area contributed by atoms with Crippen molar-refractivity contribution in [3.63, 3.8) is 0 Å². The summed E-state index contributed by atoms with van der Waals surface area (Å²) in [7, 11) is 1.31. The van der Waals surface area contributed by atoms with Crippen LogP contribution in [0, 0.1) is 0 Å². The molecule has 3 rings (SSSR count). The molecule has 0 spiro atoms. The lowest BCUT2D eigenvalue weighted by Gasteiger charge is -2.35. The fourth-order valence-electron chi connectivity index (χ4n) is 3.52. The molecule has 0 saturated heterocycles. The van der Waals surface area contributed by atoms with Crippen molar-refractivity contribution in [2.75, 3.05) is 24.3 Å². The molecule has 33 heavy (non-hydrogen) atoms. The maximum absolute atomic E-state index is 12.6. The average Bonchev–Trinajstić information content (AvgIpc) is 2.78. The van der Waals surface area contributed by atoms with Crippen molar-refractivity contribution in [3.05, 3.63) is 69.3 Å². The summed E-state index contributed by atoms with van der Waals surface area (Å²) >= 11 is 11.9. The number of halogens is 2. The van der Waals surface area contributed by atoms with E-state index in [9.17, 15) is 14.4 Å². The molecule has 1 aliphatic rings. The lowest BCUT2D eigenvalue weighted by atomic mass is 9.94. The molecule has 2 aromatic carbocycles. The summed E-state index contributed by atoms with van der Waals surface area (Å²) in [6, 6.07) is 10.2. The molecule has 174 valence electrons. The van der Waals surface area contributed by atoms with Gasteiger partial charge in [0.1, 0.15) is 0 Å². The van der Waals surface area contributed by atoms with E-state index in [1.54, 1.807) is 49.4 Å². The smallest absolute Gasteiger partial charge is 0.337 e.